The Balaban J connectivity index is 1.31. The quantitative estimate of drug-likeness (QED) is 0.588. The maximum Gasteiger partial charge on any atom is 0.264 e. The van der Waals surface area contributed by atoms with E-state index < -0.39 is 0 Å². The number of carbonyl (C=O) groups is 2. The lowest BCUT2D eigenvalue weighted by molar-refractivity contribution is -0.129. The topological polar surface area (TPSA) is 58.4 Å². The maximum absolute atomic E-state index is 12.7. The summed E-state index contributed by atoms with van der Waals surface area (Å²) in [4.78, 5) is 33.9. The average Bonchev–Trinajstić information content (AvgIpc) is 3.43. The van der Waals surface area contributed by atoms with Gasteiger partial charge in [-0.05, 0) is 36.1 Å². The molecule has 6 nitrogen and oxygen atoms in total. The number of hydrogen-bond acceptors (Lipinski definition) is 5. The molecule has 150 valence electrons. The number of benzene rings is 1. The number of nitrogens with zero attached hydrogens (tertiary/aromatic N) is 4. The third-order valence-electron chi connectivity index (χ3n) is 4.86. The first-order valence-corrected chi connectivity index (χ1v) is 11.3. The third-order valence-corrected chi connectivity index (χ3v) is 6.67. The first-order valence-electron chi connectivity index (χ1n) is 9.45. The lowest BCUT2D eigenvalue weighted by atomic mass is 10.2. The highest BCUT2D eigenvalue weighted by Crippen LogP contribution is 2.22. The highest BCUT2D eigenvalue weighted by Gasteiger charge is 2.25. The number of imidazole rings is 1. The molecule has 1 aromatic carbocycles. The minimum Gasteiger partial charge on any atom is -0.338 e. The zero-order valence-electron chi connectivity index (χ0n) is 16.2. The van der Waals surface area contributed by atoms with Crippen LogP contribution in [0, 0.1) is 6.92 Å². The van der Waals surface area contributed by atoms with Crippen LogP contribution in [-0.4, -0.2) is 63.1 Å². The van der Waals surface area contributed by atoms with Crippen molar-refractivity contribution in [3.63, 3.8) is 0 Å². The summed E-state index contributed by atoms with van der Waals surface area (Å²) in [5.74, 6) is 0.473. The van der Waals surface area contributed by atoms with Gasteiger partial charge in [-0.15, -0.1) is 11.3 Å². The second kappa shape index (κ2) is 8.84. The van der Waals surface area contributed by atoms with E-state index in [9.17, 15) is 9.59 Å². The van der Waals surface area contributed by atoms with E-state index in [1.54, 1.807) is 6.20 Å². The van der Waals surface area contributed by atoms with E-state index in [0.717, 1.165) is 15.7 Å². The van der Waals surface area contributed by atoms with Gasteiger partial charge in [-0.25, -0.2) is 4.98 Å². The van der Waals surface area contributed by atoms with Crippen molar-refractivity contribution >= 4 is 34.9 Å². The van der Waals surface area contributed by atoms with Gasteiger partial charge in [0.2, 0.25) is 5.91 Å². The first-order chi connectivity index (χ1) is 14.1. The van der Waals surface area contributed by atoms with Crippen molar-refractivity contribution in [3.8, 4) is 5.69 Å². The van der Waals surface area contributed by atoms with Gasteiger partial charge in [-0.2, -0.15) is 0 Å². The SMILES string of the molecule is Cc1cccc(-n2ccnc2SCC(=O)N2CCN(C(=O)c3cccs3)CC2)c1. The molecule has 2 amide bonds. The molecular formula is C21H22N4O2S2. The van der Waals surface area contributed by atoms with E-state index in [1.165, 1.54) is 28.7 Å². The second-order valence-corrected chi connectivity index (χ2v) is 8.75. The van der Waals surface area contributed by atoms with Crippen LogP contribution in [0.5, 0.6) is 0 Å². The van der Waals surface area contributed by atoms with E-state index in [4.69, 9.17) is 0 Å². The molecule has 2 aromatic heterocycles. The monoisotopic (exact) mass is 426 g/mol. The molecule has 0 unspecified atom stereocenters. The van der Waals surface area contributed by atoms with Crippen LogP contribution in [0.4, 0.5) is 0 Å². The Morgan fingerprint density at radius 3 is 2.62 bits per heavy atom. The van der Waals surface area contributed by atoms with Crippen molar-refractivity contribution in [3.05, 3.63) is 64.6 Å². The molecule has 0 aliphatic carbocycles. The molecule has 4 rings (SSSR count). The maximum atomic E-state index is 12.7. The molecule has 8 heteroatoms. The van der Waals surface area contributed by atoms with Crippen LogP contribution < -0.4 is 0 Å². The average molecular weight is 427 g/mol. The van der Waals surface area contributed by atoms with Crippen LogP contribution in [0.3, 0.4) is 0 Å². The Labute approximate surface area is 178 Å². The van der Waals surface area contributed by atoms with E-state index in [1.807, 2.05) is 50.2 Å². The van der Waals surface area contributed by atoms with Gasteiger partial charge in [-0.3, -0.25) is 14.2 Å². The number of aromatic nitrogens is 2. The summed E-state index contributed by atoms with van der Waals surface area (Å²) in [7, 11) is 0. The predicted molar refractivity (Wildman–Crippen MR) is 116 cm³/mol. The molecule has 29 heavy (non-hydrogen) atoms. The number of aryl methyl sites for hydroxylation is 1. The Hall–Kier alpha value is -2.58. The van der Waals surface area contributed by atoms with Crippen LogP contribution in [-0.2, 0) is 4.79 Å². The van der Waals surface area contributed by atoms with E-state index in [-0.39, 0.29) is 11.8 Å². The molecule has 1 saturated heterocycles. The van der Waals surface area contributed by atoms with Gasteiger partial charge >= 0.3 is 0 Å². The van der Waals surface area contributed by atoms with Gasteiger partial charge in [0.25, 0.3) is 5.91 Å². The van der Waals surface area contributed by atoms with Crippen LogP contribution >= 0.6 is 23.1 Å². The normalized spacial score (nSPS) is 14.2. The fraction of sp³-hybridized carbons (Fsp3) is 0.286. The van der Waals surface area contributed by atoms with Gasteiger partial charge < -0.3 is 9.80 Å². The summed E-state index contributed by atoms with van der Waals surface area (Å²) in [6.07, 6.45) is 3.67. The molecule has 0 bridgehead atoms. The van der Waals surface area contributed by atoms with E-state index >= 15 is 0 Å². The molecule has 0 spiro atoms. The molecule has 0 atom stereocenters. The van der Waals surface area contributed by atoms with Crippen molar-refractivity contribution in [2.45, 2.75) is 12.1 Å². The number of amides is 2. The van der Waals surface area contributed by atoms with Gasteiger partial charge in [0.15, 0.2) is 5.16 Å². The fourth-order valence-corrected chi connectivity index (χ4v) is 4.87. The lowest BCUT2D eigenvalue weighted by Crippen LogP contribution is -2.51. The van der Waals surface area contributed by atoms with E-state index in [2.05, 4.69) is 24.0 Å². The number of carbonyl (C=O) groups excluding carboxylic acids is 2. The van der Waals surface area contributed by atoms with Crippen LogP contribution in [0.25, 0.3) is 5.69 Å². The van der Waals surface area contributed by atoms with Crippen molar-refractivity contribution < 1.29 is 9.59 Å². The van der Waals surface area contributed by atoms with Crippen molar-refractivity contribution in [2.24, 2.45) is 0 Å². The van der Waals surface area contributed by atoms with Crippen molar-refractivity contribution in [1.82, 2.24) is 19.4 Å². The van der Waals surface area contributed by atoms with Crippen molar-refractivity contribution in [2.75, 3.05) is 31.9 Å². The molecule has 0 saturated carbocycles. The first kappa shape index (κ1) is 19.7. The third kappa shape index (κ3) is 4.54. The van der Waals surface area contributed by atoms with Crippen LogP contribution in [0.2, 0.25) is 0 Å². The Morgan fingerprint density at radius 1 is 1.10 bits per heavy atom. The summed E-state index contributed by atoms with van der Waals surface area (Å²) in [5, 5.41) is 2.71. The Bertz CT molecular complexity index is 992. The second-order valence-electron chi connectivity index (χ2n) is 6.86. The summed E-state index contributed by atoms with van der Waals surface area (Å²) in [5.41, 5.74) is 2.22. The summed E-state index contributed by atoms with van der Waals surface area (Å²) in [6, 6.07) is 11.9. The highest BCUT2D eigenvalue weighted by molar-refractivity contribution is 7.99. The minimum absolute atomic E-state index is 0.0571. The summed E-state index contributed by atoms with van der Waals surface area (Å²) < 4.78 is 2.00. The molecule has 3 heterocycles. The van der Waals surface area contributed by atoms with Gasteiger partial charge in [-0.1, -0.05) is 30.0 Å². The summed E-state index contributed by atoms with van der Waals surface area (Å²) >= 11 is 2.90. The standard InChI is InChI=1S/C21H22N4O2S2/c1-16-4-2-5-17(14-16)25-8-7-22-21(25)29-15-19(26)23-9-11-24(12-10-23)20(27)18-6-3-13-28-18/h2-8,13-14H,9-12,15H2,1H3. The van der Waals surface area contributed by atoms with Crippen LogP contribution in [0.15, 0.2) is 59.3 Å². The van der Waals surface area contributed by atoms with Crippen LogP contribution in [0.1, 0.15) is 15.2 Å². The molecule has 1 aliphatic rings. The zero-order valence-corrected chi connectivity index (χ0v) is 17.8. The largest absolute Gasteiger partial charge is 0.338 e. The molecule has 3 aromatic rings. The van der Waals surface area contributed by atoms with Gasteiger partial charge in [0, 0.05) is 44.3 Å². The minimum atomic E-state index is 0.0571. The van der Waals surface area contributed by atoms with E-state index in [0.29, 0.717) is 31.9 Å². The highest BCUT2D eigenvalue weighted by atomic mass is 32.2. The number of thiophene rings is 1. The predicted octanol–water partition coefficient (Wildman–Crippen LogP) is 3.32. The summed E-state index contributed by atoms with van der Waals surface area (Å²) in [6.45, 7) is 4.35. The Morgan fingerprint density at radius 2 is 1.90 bits per heavy atom. The number of rotatable bonds is 5. The van der Waals surface area contributed by atoms with Crippen molar-refractivity contribution in [1.29, 1.82) is 0 Å². The Kier molecular flexibility index (Phi) is 6.01. The number of hydrogen-bond donors (Lipinski definition) is 0. The van der Waals surface area contributed by atoms with Gasteiger partial charge in [0.05, 0.1) is 10.6 Å². The molecule has 0 radical (unpaired) electrons. The lowest BCUT2D eigenvalue weighted by Gasteiger charge is -2.34. The molecule has 1 fully saturated rings. The van der Waals surface area contributed by atoms with Gasteiger partial charge in [0.1, 0.15) is 0 Å². The number of thioether (sulfide) groups is 1. The molecule has 1 aliphatic heterocycles. The molecular weight excluding hydrogens is 404 g/mol. The fourth-order valence-electron chi connectivity index (χ4n) is 3.30. The number of piperazine rings is 1. The molecule has 0 N–H and O–H groups in total. The smallest absolute Gasteiger partial charge is 0.264 e. The zero-order chi connectivity index (χ0) is 20.2.